The largest absolute Gasteiger partial charge is 0.497 e. The van der Waals surface area contributed by atoms with Gasteiger partial charge >= 0.3 is 0 Å². The van der Waals surface area contributed by atoms with Crippen molar-refractivity contribution in [2.75, 3.05) is 20.8 Å². The lowest BCUT2D eigenvalue weighted by atomic mass is 9.96. The Kier molecular flexibility index (Phi) is 4.80. The number of rotatable bonds is 5. The van der Waals surface area contributed by atoms with Crippen LogP contribution in [-0.4, -0.2) is 32.6 Å². The summed E-state index contributed by atoms with van der Waals surface area (Å²) in [5.74, 6) is 1.40. The minimum atomic E-state index is 0.107. The molecule has 19 heavy (non-hydrogen) atoms. The van der Waals surface area contributed by atoms with Gasteiger partial charge in [-0.15, -0.1) is 0 Å². The number of hydrogen-bond acceptors (Lipinski definition) is 4. The van der Waals surface area contributed by atoms with Crippen LogP contribution < -0.4 is 14.8 Å². The van der Waals surface area contributed by atoms with Gasteiger partial charge in [-0.2, -0.15) is 0 Å². The molecule has 104 valence electrons. The fraction of sp³-hybridized carbons (Fsp3) is 0.533. The average Bonchev–Trinajstić information content (AvgIpc) is 2.47. The molecule has 4 heteroatoms. The number of methoxy groups -OCH3 is 2. The molecule has 1 aromatic carbocycles. The number of ether oxygens (including phenoxy) is 2. The SMILES string of the molecule is COc1ccc(OC)c(C(=O)CC2CCCCN2)c1. The van der Waals surface area contributed by atoms with E-state index < -0.39 is 0 Å². The number of benzene rings is 1. The van der Waals surface area contributed by atoms with E-state index in [0.717, 1.165) is 13.0 Å². The van der Waals surface area contributed by atoms with Gasteiger partial charge < -0.3 is 14.8 Å². The normalized spacial score (nSPS) is 18.9. The zero-order valence-corrected chi connectivity index (χ0v) is 11.6. The average molecular weight is 263 g/mol. The van der Waals surface area contributed by atoms with Crippen LogP contribution in [0, 0.1) is 0 Å². The van der Waals surface area contributed by atoms with Gasteiger partial charge in [0.15, 0.2) is 5.78 Å². The van der Waals surface area contributed by atoms with Crippen LogP contribution in [0.4, 0.5) is 0 Å². The highest BCUT2D eigenvalue weighted by molar-refractivity contribution is 5.99. The summed E-state index contributed by atoms with van der Waals surface area (Å²) in [6, 6.07) is 5.62. The second-order valence-corrected chi connectivity index (χ2v) is 4.84. The van der Waals surface area contributed by atoms with Crippen LogP contribution in [0.25, 0.3) is 0 Å². The highest BCUT2D eigenvalue weighted by Gasteiger charge is 2.20. The van der Waals surface area contributed by atoms with Crippen molar-refractivity contribution in [2.24, 2.45) is 0 Å². The molecule has 2 rings (SSSR count). The quantitative estimate of drug-likeness (QED) is 0.829. The van der Waals surface area contributed by atoms with Crippen LogP contribution in [0.1, 0.15) is 36.0 Å². The molecule has 1 unspecified atom stereocenters. The molecule has 0 saturated carbocycles. The van der Waals surface area contributed by atoms with Gasteiger partial charge in [0, 0.05) is 12.5 Å². The zero-order chi connectivity index (χ0) is 13.7. The van der Waals surface area contributed by atoms with Gasteiger partial charge in [0.1, 0.15) is 11.5 Å². The number of Topliss-reactive ketones (excluding diaryl/α,β-unsaturated/α-hetero) is 1. The molecular formula is C15H21NO3. The zero-order valence-electron chi connectivity index (χ0n) is 11.6. The molecular weight excluding hydrogens is 242 g/mol. The minimum Gasteiger partial charge on any atom is -0.497 e. The lowest BCUT2D eigenvalue weighted by Gasteiger charge is -2.23. The Balaban J connectivity index is 2.12. The summed E-state index contributed by atoms with van der Waals surface area (Å²) < 4.78 is 10.4. The van der Waals surface area contributed by atoms with Gasteiger partial charge in [0.05, 0.1) is 19.8 Å². The molecule has 4 nitrogen and oxygen atoms in total. The maximum atomic E-state index is 12.4. The second kappa shape index (κ2) is 6.57. The van der Waals surface area contributed by atoms with Gasteiger partial charge in [-0.05, 0) is 37.6 Å². The standard InChI is InChI=1S/C15H21NO3/c1-18-12-6-7-15(19-2)13(10-12)14(17)9-11-5-3-4-8-16-11/h6-7,10-11,16H,3-5,8-9H2,1-2H3. The molecule has 1 N–H and O–H groups in total. The molecule has 0 amide bonds. The Labute approximate surface area is 114 Å². The first-order valence-electron chi connectivity index (χ1n) is 6.73. The molecule has 1 heterocycles. The lowest BCUT2D eigenvalue weighted by Crippen LogP contribution is -2.35. The van der Waals surface area contributed by atoms with Crippen molar-refractivity contribution in [1.29, 1.82) is 0 Å². The van der Waals surface area contributed by atoms with E-state index in [-0.39, 0.29) is 11.8 Å². The van der Waals surface area contributed by atoms with E-state index >= 15 is 0 Å². The third-order valence-electron chi connectivity index (χ3n) is 3.55. The summed E-state index contributed by atoms with van der Waals surface area (Å²) in [4.78, 5) is 12.4. The Hall–Kier alpha value is -1.55. The van der Waals surface area contributed by atoms with Crippen molar-refractivity contribution < 1.29 is 14.3 Å². The lowest BCUT2D eigenvalue weighted by molar-refractivity contribution is 0.0960. The number of carbonyl (C=O) groups is 1. The van der Waals surface area contributed by atoms with Crippen molar-refractivity contribution in [2.45, 2.75) is 31.7 Å². The van der Waals surface area contributed by atoms with Crippen molar-refractivity contribution in [3.05, 3.63) is 23.8 Å². The Morgan fingerprint density at radius 1 is 1.32 bits per heavy atom. The maximum absolute atomic E-state index is 12.4. The number of piperidine rings is 1. The smallest absolute Gasteiger partial charge is 0.168 e. The van der Waals surface area contributed by atoms with E-state index in [1.807, 2.05) is 0 Å². The highest BCUT2D eigenvalue weighted by atomic mass is 16.5. The monoisotopic (exact) mass is 263 g/mol. The Morgan fingerprint density at radius 3 is 2.79 bits per heavy atom. The van der Waals surface area contributed by atoms with E-state index in [2.05, 4.69) is 5.32 Å². The number of ketones is 1. The van der Waals surface area contributed by atoms with Gasteiger partial charge in [0.2, 0.25) is 0 Å². The van der Waals surface area contributed by atoms with E-state index in [1.165, 1.54) is 12.8 Å². The van der Waals surface area contributed by atoms with Crippen LogP contribution in [0.3, 0.4) is 0 Å². The summed E-state index contributed by atoms with van der Waals surface area (Å²) in [6.07, 6.45) is 3.98. The molecule has 1 fully saturated rings. The molecule has 1 atom stereocenters. The number of carbonyl (C=O) groups excluding carboxylic acids is 1. The maximum Gasteiger partial charge on any atom is 0.168 e. The topological polar surface area (TPSA) is 47.6 Å². The van der Waals surface area contributed by atoms with Crippen LogP contribution in [-0.2, 0) is 0 Å². The Bertz CT molecular complexity index is 439. The fourth-order valence-electron chi connectivity index (χ4n) is 2.46. The van der Waals surface area contributed by atoms with Crippen molar-refractivity contribution >= 4 is 5.78 Å². The third kappa shape index (κ3) is 3.47. The van der Waals surface area contributed by atoms with Crippen LogP contribution in [0.15, 0.2) is 18.2 Å². The van der Waals surface area contributed by atoms with E-state index in [0.29, 0.717) is 23.5 Å². The summed E-state index contributed by atoms with van der Waals surface area (Å²) in [7, 11) is 3.18. The van der Waals surface area contributed by atoms with E-state index in [1.54, 1.807) is 32.4 Å². The highest BCUT2D eigenvalue weighted by Crippen LogP contribution is 2.26. The molecule has 1 aliphatic heterocycles. The first-order valence-corrected chi connectivity index (χ1v) is 6.73. The van der Waals surface area contributed by atoms with Crippen molar-refractivity contribution in [3.63, 3.8) is 0 Å². The molecule has 0 spiro atoms. The number of nitrogens with one attached hydrogen (secondary N) is 1. The van der Waals surface area contributed by atoms with Gasteiger partial charge in [0.25, 0.3) is 0 Å². The Morgan fingerprint density at radius 2 is 2.16 bits per heavy atom. The molecule has 0 radical (unpaired) electrons. The van der Waals surface area contributed by atoms with Crippen LogP contribution in [0.2, 0.25) is 0 Å². The first kappa shape index (κ1) is 13.9. The molecule has 1 aliphatic rings. The van der Waals surface area contributed by atoms with Gasteiger partial charge in [-0.3, -0.25) is 4.79 Å². The third-order valence-corrected chi connectivity index (χ3v) is 3.55. The molecule has 1 aromatic rings. The first-order chi connectivity index (χ1) is 9.24. The number of hydrogen-bond donors (Lipinski definition) is 1. The summed E-state index contributed by atoms with van der Waals surface area (Å²) in [5, 5.41) is 3.39. The molecule has 0 aromatic heterocycles. The summed E-state index contributed by atoms with van der Waals surface area (Å²) in [6.45, 7) is 1.01. The van der Waals surface area contributed by atoms with Crippen LogP contribution >= 0.6 is 0 Å². The van der Waals surface area contributed by atoms with E-state index in [9.17, 15) is 4.79 Å². The molecule has 0 aliphatic carbocycles. The van der Waals surface area contributed by atoms with Crippen molar-refractivity contribution in [3.8, 4) is 11.5 Å². The molecule has 0 bridgehead atoms. The predicted molar refractivity (Wildman–Crippen MR) is 74.1 cm³/mol. The minimum absolute atomic E-state index is 0.107. The molecule has 1 saturated heterocycles. The van der Waals surface area contributed by atoms with Gasteiger partial charge in [-0.25, -0.2) is 0 Å². The second-order valence-electron chi connectivity index (χ2n) is 4.84. The summed E-state index contributed by atoms with van der Waals surface area (Å²) in [5.41, 5.74) is 0.606. The van der Waals surface area contributed by atoms with Crippen molar-refractivity contribution in [1.82, 2.24) is 5.32 Å². The predicted octanol–water partition coefficient (Wildman–Crippen LogP) is 2.42. The summed E-state index contributed by atoms with van der Waals surface area (Å²) >= 11 is 0. The van der Waals surface area contributed by atoms with Crippen LogP contribution in [0.5, 0.6) is 11.5 Å². The fourth-order valence-corrected chi connectivity index (χ4v) is 2.46. The van der Waals surface area contributed by atoms with E-state index in [4.69, 9.17) is 9.47 Å². The van der Waals surface area contributed by atoms with Gasteiger partial charge in [-0.1, -0.05) is 6.42 Å².